The second-order valence-electron chi connectivity index (χ2n) is 4.88. The Morgan fingerprint density at radius 2 is 1.81 bits per heavy atom. The molecule has 1 saturated heterocycles. The average molecular weight is 286 g/mol. The van der Waals surface area contributed by atoms with Crippen LogP contribution in [0.15, 0.2) is 41.2 Å². The summed E-state index contributed by atoms with van der Waals surface area (Å²) in [6, 6.07) is 10.6. The van der Waals surface area contributed by atoms with E-state index in [-0.39, 0.29) is 5.56 Å². The molecule has 0 unspecified atom stereocenters. The molecule has 1 aromatic heterocycles. The van der Waals surface area contributed by atoms with Crippen molar-refractivity contribution in [2.24, 2.45) is 0 Å². The highest BCUT2D eigenvalue weighted by atomic mass is 16.5. The van der Waals surface area contributed by atoms with Crippen LogP contribution in [-0.4, -0.2) is 43.1 Å². The average Bonchev–Trinajstić information content (AvgIpc) is 2.56. The van der Waals surface area contributed by atoms with E-state index < -0.39 is 0 Å². The zero-order valence-electron chi connectivity index (χ0n) is 12.0. The lowest BCUT2D eigenvalue weighted by Crippen LogP contribution is -2.44. The third-order valence-electron chi connectivity index (χ3n) is 3.54. The second-order valence-corrected chi connectivity index (χ2v) is 4.88. The zero-order valence-corrected chi connectivity index (χ0v) is 12.0. The Balaban J connectivity index is 1.94. The smallest absolute Gasteiger partial charge is 0.271 e. The van der Waals surface area contributed by atoms with E-state index in [1.54, 1.807) is 19.2 Å². The fraction of sp³-hybridized carbons (Fsp3) is 0.333. The number of hydrogen-bond donors (Lipinski definition) is 1. The summed E-state index contributed by atoms with van der Waals surface area (Å²) in [6.45, 7) is 3.66. The van der Waals surface area contributed by atoms with Crippen LogP contribution in [0.4, 0.5) is 5.82 Å². The highest BCUT2D eigenvalue weighted by Crippen LogP contribution is 2.15. The van der Waals surface area contributed by atoms with Crippen LogP contribution in [0.5, 0.6) is 5.75 Å². The molecule has 0 amide bonds. The van der Waals surface area contributed by atoms with Gasteiger partial charge in [0.15, 0.2) is 0 Å². The van der Waals surface area contributed by atoms with E-state index >= 15 is 0 Å². The topological polar surface area (TPSA) is 59.4 Å². The molecule has 2 aromatic rings. The van der Waals surface area contributed by atoms with Gasteiger partial charge in [-0.25, -0.2) is 0 Å². The first-order valence-corrected chi connectivity index (χ1v) is 6.98. The molecule has 6 nitrogen and oxygen atoms in total. The minimum atomic E-state index is -0.140. The number of nitrogens with one attached hydrogen (secondary N) is 1. The number of piperazine rings is 1. The molecule has 21 heavy (non-hydrogen) atoms. The van der Waals surface area contributed by atoms with Crippen molar-refractivity contribution >= 4 is 5.82 Å². The molecule has 0 radical (unpaired) electrons. The van der Waals surface area contributed by atoms with Gasteiger partial charge in [0, 0.05) is 32.2 Å². The van der Waals surface area contributed by atoms with Crippen molar-refractivity contribution in [2.45, 2.75) is 0 Å². The molecule has 2 heterocycles. The molecule has 1 N–H and O–H groups in total. The van der Waals surface area contributed by atoms with E-state index in [1.807, 2.05) is 24.3 Å². The summed E-state index contributed by atoms with van der Waals surface area (Å²) in [7, 11) is 1.62. The van der Waals surface area contributed by atoms with E-state index in [4.69, 9.17) is 4.74 Å². The summed E-state index contributed by atoms with van der Waals surface area (Å²) in [5, 5.41) is 7.79. The fourth-order valence-electron chi connectivity index (χ4n) is 2.37. The number of nitrogens with zero attached hydrogens (tertiary/aromatic N) is 3. The standard InChI is InChI=1S/C15H18N4O2/c1-21-13-4-2-12(3-5-13)19-15(20)7-6-14(17-19)18-10-8-16-9-11-18/h2-7,16H,8-11H2,1H3. The minimum absolute atomic E-state index is 0.140. The van der Waals surface area contributed by atoms with Gasteiger partial charge in [-0.2, -0.15) is 4.68 Å². The first-order valence-electron chi connectivity index (χ1n) is 6.98. The molecule has 0 bridgehead atoms. The third-order valence-corrected chi connectivity index (χ3v) is 3.54. The van der Waals surface area contributed by atoms with E-state index in [9.17, 15) is 4.79 Å². The molecule has 6 heteroatoms. The molecule has 1 fully saturated rings. The Kier molecular flexibility index (Phi) is 3.87. The Bertz CT molecular complexity index is 660. The summed E-state index contributed by atoms with van der Waals surface area (Å²) >= 11 is 0. The predicted octanol–water partition coefficient (Wildman–Crippen LogP) is 0.651. The van der Waals surface area contributed by atoms with Crippen LogP contribution in [0.25, 0.3) is 5.69 Å². The van der Waals surface area contributed by atoms with Gasteiger partial charge in [0.25, 0.3) is 5.56 Å². The van der Waals surface area contributed by atoms with Crippen LogP contribution >= 0.6 is 0 Å². The molecule has 3 rings (SSSR count). The highest BCUT2D eigenvalue weighted by Gasteiger charge is 2.13. The van der Waals surface area contributed by atoms with Gasteiger partial charge in [-0.05, 0) is 30.3 Å². The fourth-order valence-corrected chi connectivity index (χ4v) is 2.37. The Hall–Kier alpha value is -2.34. The zero-order chi connectivity index (χ0) is 14.7. The Morgan fingerprint density at radius 3 is 2.48 bits per heavy atom. The molecule has 110 valence electrons. The Morgan fingerprint density at radius 1 is 1.10 bits per heavy atom. The lowest BCUT2D eigenvalue weighted by Gasteiger charge is -2.28. The van der Waals surface area contributed by atoms with Gasteiger partial charge in [-0.1, -0.05) is 0 Å². The molecule has 1 aliphatic rings. The maximum Gasteiger partial charge on any atom is 0.271 e. The van der Waals surface area contributed by atoms with Gasteiger partial charge in [0.1, 0.15) is 11.6 Å². The number of ether oxygens (including phenoxy) is 1. The maximum absolute atomic E-state index is 12.0. The largest absolute Gasteiger partial charge is 0.497 e. The second kappa shape index (κ2) is 5.97. The van der Waals surface area contributed by atoms with Crippen molar-refractivity contribution in [3.63, 3.8) is 0 Å². The first kappa shape index (κ1) is 13.6. The number of hydrogen-bond acceptors (Lipinski definition) is 5. The van der Waals surface area contributed by atoms with Crippen molar-refractivity contribution in [3.05, 3.63) is 46.8 Å². The van der Waals surface area contributed by atoms with Crippen LogP contribution in [0.2, 0.25) is 0 Å². The predicted molar refractivity (Wildman–Crippen MR) is 81.5 cm³/mol. The summed E-state index contributed by atoms with van der Waals surface area (Å²) in [5.41, 5.74) is 0.594. The first-order chi connectivity index (χ1) is 10.3. The molecular formula is C15H18N4O2. The van der Waals surface area contributed by atoms with Crippen molar-refractivity contribution in [2.75, 3.05) is 38.2 Å². The number of anilines is 1. The molecule has 0 atom stereocenters. The highest BCUT2D eigenvalue weighted by molar-refractivity contribution is 5.41. The Labute approximate surface area is 123 Å². The SMILES string of the molecule is COc1ccc(-n2nc(N3CCNCC3)ccc2=O)cc1. The van der Waals surface area contributed by atoms with E-state index in [2.05, 4.69) is 15.3 Å². The van der Waals surface area contributed by atoms with Crippen molar-refractivity contribution < 1.29 is 4.74 Å². The quantitative estimate of drug-likeness (QED) is 0.898. The van der Waals surface area contributed by atoms with Crippen LogP contribution in [0.1, 0.15) is 0 Å². The normalized spacial score (nSPS) is 15.0. The lowest BCUT2D eigenvalue weighted by atomic mass is 10.3. The summed E-state index contributed by atoms with van der Waals surface area (Å²) in [5.74, 6) is 1.58. The van der Waals surface area contributed by atoms with Crippen LogP contribution in [0.3, 0.4) is 0 Å². The number of rotatable bonds is 3. The van der Waals surface area contributed by atoms with E-state index in [1.165, 1.54) is 4.68 Å². The molecular weight excluding hydrogens is 268 g/mol. The molecule has 1 aliphatic heterocycles. The van der Waals surface area contributed by atoms with Gasteiger partial charge in [0.05, 0.1) is 12.8 Å². The number of aromatic nitrogens is 2. The summed E-state index contributed by atoms with van der Waals surface area (Å²) < 4.78 is 6.56. The molecule has 0 saturated carbocycles. The van der Waals surface area contributed by atoms with Gasteiger partial charge in [-0.15, -0.1) is 5.10 Å². The molecule has 0 aliphatic carbocycles. The van der Waals surface area contributed by atoms with E-state index in [0.29, 0.717) is 0 Å². The monoisotopic (exact) mass is 286 g/mol. The van der Waals surface area contributed by atoms with Crippen molar-refractivity contribution in [1.82, 2.24) is 15.1 Å². The van der Waals surface area contributed by atoms with Crippen LogP contribution < -0.4 is 20.5 Å². The van der Waals surface area contributed by atoms with Gasteiger partial charge < -0.3 is 15.0 Å². The third kappa shape index (κ3) is 2.90. The molecule has 1 aromatic carbocycles. The van der Waals surface area contributed by atoms with E-state index in [0.717, 1.165) is 43.4 Å². The van der Waals surface area contributed by atoms with Crippen molar-refractivity contribution in [1.29, 1.82) is 0 Å². The summed E-state index contributed by atoms with van der Waals surface area (Å²) in [4.78, 5) is 14.2. The van der Waals surface area contributed by atoms with Gasteiger partial charge in [-0.3, -0.25) is 4.79 Å². The van der Waals surface area contributed by atoms with Crippen LogP contribution in [0, 0.1) is 0 Å². The van der Waals surface area contributed by atoms with Gasteiger partial charge >= 0.3 is 0 Å². The molecule has 0 spiro atoms. The van der Waals surface area contributed by atoms with Crippen molar-refractivity contribution in [3.8, 4) is 11.4 Å². The number of methoxy groups -OCH3 is 1. The van der Waals surface area contributed by atoms with Crippen LogP contribution in [-0.2, 0) is 0 Å². The minimum Gasteiger partial charge on any atom is -0.497 e. The summed E-state index contributed by atoms with van der Waals surface area (Å²) in [6.07, 6.45) is 0. The van der Waals surface area contributed by atoms with Gasteiger partial charge in [0.2, 0.25) is 0 Å². The lowest BCUT2D eigenvalue weighted by molar-refractivity contribution is 0.414. The number of benzene rings is 1. The maximum atomic E-state index is 12.0.